The molecule has 1 saturated heterocycles. The van der Waals surface area contributed by atoms with Gasteiger partial charge in [0.1, 0.15) is 24.0 Å². The maximum atomic E-state index is 13.4. The predicted octanol–water partition coefficient (Wildman–Crippen LogP) is 3.58. The van der Waals surface area contributed by atoms with Gasteiger partial charge in [0.25, 0.3) is 5.91 Å². The van der Waals surface area contributed by atoms with Crippen LogP contribution in [0.1, 0.15) is 34.8 Å². The topological polar surface area (TPSA) is 83.5 Å². The first kappa shape index (κ1) is 22.7. The summed E-state index contributed by atoms with van der Waals surface area (Å²) in [7, 11) is 4.00. The number of nitrogens with zero attached hydrogens (tertiary/aromatic N) is 5. The van der Waals surface area contributed by atoms with Gasteiger partial charge in [-0.05, 0) is 51.2 Å². The second-order valence-electron chi connectivity index (χ2n) is 8.40. The lowest BCUT2D eigenvalue weighted by molar-refractivity contribution is 0.0701. The number of para-hydroxylation sites is 1. The average molecular weight is 447 g/mol. The van der Waals surface area contributed by atoms with E-state index in [4.69, 9.17) is 9.72 Å². The maximum absolute atomic E-state index is 13.4. The quantitative estimate of drug-likeness (QED) is 0.566. The molecule has 2 aromatic heterocycles. The van der Waals surface area contributed by atoms with Gasteiger partial charge >= 0.3 is 0 Å². The summed E-state index contributed by atoms with van der Waals surface area (Å²) in [5.41, 5.74) is 1.58. The molecule has 4 rings (SSSR count). The highest BCUT2D eigenvalue weighted by Gasteiger charge is 2.28. The number of likely N-dealkylation sites (N-methyl/N-ethyl adjacent to an activating group) is 1. The van der Waals surface area contributed by atoms with Crippen molar-refractivity contribution in [2.75, 3.05) is 45.7 Å². The van der Waals surface area contributed by atoms with Crippen molar-refractivity contribution >= 4 is 17.5 Å². The van der Waals surface area contributed by atoms with Crippen LogP contribution in [0.25, 0.3) is 0 Å². The highest BCUT2D eigenvalue weighted by atomic mass is 16.5. The summed E-state index contributed by atoms with van der Waals surface area (Å²) < 4.78 is 5.92. The van der Waals surface area contributed by atoms with Crippen LogP contribution in [-0.4, -0.2) is 71.0 Å². The van der Waals surface area contributed by atoms with Crippen LogP contribution in [0.3, 0.4) is 0 Å². The van der Waals surface area contributed by atoms with Gasteiger partial charge in [-0.3, -0.25) is 9.78 Å². The summed E-state index contributed by atoms with van der Waals surface area (Å²) in [5.74, 6) is 2.19. The van der Waals surface area contributed by atoms with Gasteiger partial charge < -0.3 is 19.9 Å². The van der Waals surface area contributed by atoms with E-state index in [1.807, 2.05) is 61.5 Å². The normalized spacial score (nSPS) is 16.0. The van der Waals surface area contributed by atoms with Crippen LogP contribution < -0.4 is 10.1 Å². The van der Waals surface area contributed by atoms with Crippen molar-refractivity contribution in [2.24, 2.45) is 0 Å². The smallest absolute Gasteiger partial charge is 0.257 e. The molecule has 1 N–H and O–H groups in total. The van der Waals surface area contributed by atoms with E-state index in [0.29, 0.717) is 30.3 Å². The molecule has 0 unspecified atom stereocenters. The van der Waals surface area contributed by atoms with Crippen molar-refractivity contribution in [3.63, 3.8) is 0 Å². The first-order valence-electron chi connectivity index (χ1n) is 11.3. The number of aromatic nitrogens is 3. The first-order valence-corrected chi connectivity index (χ1v) is 11.3. The van der Waals surface area contributed by atoms with E-state index in [2.05, 4.69) is 20.2 Å². The number of hydrogen-bond acceptors (Lipinski definition) is 7. The third kappa shape index (κ3) is 6.04. The zero-order valence-corrected chi connectivity index (χ0v) is 19.1. The lowest BCUT2D eigenvalue weighted by Gasteiger charge is -2.33. The van der Waals surface area contributed by atoms with E-state index in [9.17, 15) is 4.79 Å². The van der Waals surface area contributed by atoms with Gasteiger partial charge in [0.2, 0.25) is 0 Å². The van der Waals surface area contributed by atoms with Gasteiger partial charge in [0.05, 0.1) is 11.8 Å². The van der Waals surface area contributed by atoms with Gasteiger partial charge in [0.15, 0.2) is 0 Å². The van der Waals surface area contributed by atoms with E-state index in [1.165, 1.54) is 0 Å². The maximum Gasteiger partial charge on any atom is 0.257 e. The summed E-state index contributed by atoms with van der Waals surface area (Å²) in [6, 6.07) is 13.4. The number of likely N-dealkylation sites (tertiary alicyclic amines) is 1. The molecule has 0 radical (unpaired) electrons. The Bertz CT molecular complexity index is 1060. The minimum Gasteiger partial charge on any atom is -0.491 e. The Kier molecular flexibility index (Phi) is 7.47. The molecular weight excluding hydrogens is 416 g/mol. The Hall–Kier alpha value is -3.52. The molecule has 1 amide bonds. The van der Waals surface area contributed by atoms with Gasteiger partial charge in [-0.2, -0.15) is 0 Å². The second kappa shape index (κ2) is 10.9. The molecule has 8 nitrogen and oxygen atoms in total. The SMILES string of the molecule is CN(C)CCOc1ccccc1C(=O)N1CCC[C@@H](c2cccc(Nc3cnccn3)n2)C1. The fourth-order valence-electron chi connectivity index (χ4n) is 3.92. The summed E-state index contributed by atoms with van der Waals surface area (Å²) in [6.07, 6.45) is 6.86. The predicted molar refractivity (Wildman–Crippen MR) is 128 cm³/mol. The van der Waals surface area contributed by atoms with Crippen LogP contribution >= 0.6 is 0 Å². The molecule has 172 valence electrons. The average Bonchev–Trinajstić information content (AvgIpc) is 2.85. The summed E-state index contributed by atoms with van der Waals surface area (Å²) in [5, 5.41) is 3.19. The molecule has 1 fully saturated rings. The van der Waals surface area contributed by atoms with E-state index in [1.54, 1.807) is 18.6 Å². The van der Waals surface area contributed by atoms with Gasteiger partial charge in [-0.1, -0.05) is 18.2 Å². The number of benzene rings is 1. The van der Waals surface area contributed by atoms with E-state index in [0.717, 1.165) is 37.4 Å². The highest BCUT2D eigenvalue weighted by molar-refractivity contribution is 5.97. The number of carbonyl (C=O) groups excluding carboxylic acids is 1. The molecule has 0 bridgehead atoms. The number of ether oxygens (including phenoxy) is 1. The fourth-order valence-corrected chi connectivity index (χ4v) is 3.92. The molecule has 1 atom stereocenters. The number of piperidine rings is 1. The van der Waals surface area contributed by atoms with Crippen molar-refractivity contribution in [1.82, 2.24) is 24.8 Å². The van der Waals surface area contributed by atoms with E-state index in [-0.39, 0.29) is 11.8 Å². The number of nitrogens with one attached hydrogen (secondary N) is 1. The molecule has 1 aliphatic rings. The Morgan fingerprint density at radius 3 is 2.85 bits per heavy atom. The van der Waals surface area contributed by atoms with Crippen molar-refractivity contribution < 1.29 is 9.53 Å². The largest absolute Gasteiger partial charge is 0.491 e. The first-order chi connectivity index (χ1) is 16.1. The Morgan fingerprint density at radius 1 is 1.15 bits per heavy atom. The molecule has 3 aromatic rings. The lowest BCUT2D eigenvalue weighted by Crippen LogP contribution is -2.39. The zero-order chi connectivity index (χ0) is 23.0. The van der Waals surface area contributed by atoms with E-state index < -0.39 is 0 Å². The number of hydrogen-bond donors (Lipinski definition) is 1. The molecular formula is C25H30N6O2. The Balaban J connectivity index is 1.45. The standard InChI is InChI=1S/C25H30N6O2/c1-30(2)15-16-33-22-10-4-3-8-20(22)25(32)31-14-6-7-19(18-31)21-9-5-11-23(28-21)29-24-17-26-12-13-27-24/h3-5,8-13,17,19H,6-7,14-16,18H2,1-2H3,(H,27,28,29)/t19-/m1/s1. The van der Waals surface area contributed by atoms with E-state index >= 15 is 0 Å². The molecule has 1 aromatic carbocycles. The van der Waals surface area contributed by atoms with Crippen molar-refractivity contribution in [3.05, 3.63) is 72.3 Å². The number of rotatable bonds is 8. The van der Waals surface area contributed by atoms with Crippen LogP contribution in [0.5, 0.6) is 5.75 Å². The van der Waals surface area contributed by atoms with Crippen molar-refractivity contribution in [2.45, 2.75) is 18.8 Å². The summed E-state index contributed by atoms with van der Waals surface area (Å²) >= 11 is 0. The molecule has 0 spiro atoms. The van der Waals surface area contributed by atoms with Crippen LogP contribution in [-0.2, 0) is 0 Å². The number of amides is 1. The van der Waals surface area contributed by atoms with Crippen molar-refractivity contribution in [1.29, 1.82) is 0 Å². The Morgan fingerprint density at radius 2 is 2.03 bits per heavy atom. The van der Waals surface area contributed by atoms with Gasteiger partial charge in [-0.25, -0.2) is 9.97 Å². The van der Waals surface area contributed by atoms with Crippen molar-refractivity contribution in [3.8, 4) is 5.75 Å². The van der Waals surface area contributed by atoms with Crippen LogP contribution in [0.15, 0.2) is 61.1 Å². The molecule has 1 aliphatic heterocycles. The Labute approximate surface area is 194 Å². The van der Waals surface area contributed by atoms with Crippen LogP contribution in [0.4, 0.5) is 11.6 Å². The molecule has 8 heteroatoms. The number of anilines is 2. The fraction of sp³-hybridized carbons (Fsp3) is 0.360. The molecule has 3 heterocycles. The molecule has 0 saturated carbocycles. The lowest BCUT2D eigenvalue weighted by atomic mass is 9.93. The van der Waals surface area contributed by atoms with Gasteiger partial charge in [-0.15, -0.1) is 0 Å². The summed E-state index contributed by atoms with van der Waals surface area (Å²) in [6.45, 7) is 2.69. The molecule has 0 aliphatic carbocycles. The molecule has 33 heavy (non-hydrogen) atoms. The number of pyridine rings is 1. The third-order valence-electron chi connectivity index (χ3n) is 5.63. The zero-order valence-electron chi connectivity index (χ0n) is 19.1. The van der Waals surface area contributed by atoms with Gasteiger partial charge in [0, 0.05) is 43.6 Å². The number of carbonyl (C=O) groups is 1. The minimum atomic E-state index is 0.00833. The van der Waals surface area contributed by atoms with Crippen LogP contribution in [0.2, 0.25) is 0 Å². The second-order valence-corrected chi connectivity index (χ2v) is 8.40. The van der Waals surface area contributed by atoms with Crippen LogP contribution in [0, 0.1) is 0 Å². The highest BCUT2D eigenvalue weighted by Crippen LogP contribution is 2.29. The monoisotopic (exact) mass is 446 g/mol. The minimum absolute atomic E-state index is 0.00833. The summed E-state index contributed by atoms with van der Waals surface area (Å²) in [4.78, 5) is 30.5. The third-order valence-corrected chi connectivity index (χ3v) is 5.63.